The Bertz CT molecular complexity index is 1080. The lowest BCUT2D eigenvalue weighted by Gasteiger charge is -2.50. The van der Waals surface area contributed by atoms with Crippen molar-refractivity contribution in [1.82, 2.24) is 10.2 Å². The number of alkyl halides is 3. The number of likely N-dealkylation sites (tertiary alicyclic amines) is 1. The summed E-state index contributed by atoms with van der Waals surface area (Å²) in [6.07, 6.45) is 4.47. The maximum absolute atomic E-state index is 13.9. The minimum absolute atomic E-state index is 0.0549. The van der Waals surface area contributed by atoms with Gasteiger partial charge in [0.2, 0.25) is 11.8 Å². The van der Waals surface area contributed by atoms with E-state index in [2.05, 4.69) is 11.0 Å². The molecule has 2 amide bonds. The van der Waals surface area contributed by atoms with E-state index in [1.807, 2.05) is 18.2 Å². The van der Waals surface area contributed by atoms with Crippen molar-refractivity contribution in [2.45, 2.75) is 37.8 Å². The summed E-state index contributed by atoms with van der Waals surface area (Å²) < 4.78 is 47.4. The number of ether oxygens (including phenoxy) is 1. The molecule has 1 aliphatic carbocycles. The molecule has 2 aliphatic heterocycles. The van der Waals surface area contributed by atoms with Crippen molar-refractivity contribution >= 4 is 11.8 Å². The minimum Gasteiger partial charge on any atom is -0.497 e. The summed E-state index contributed by atoms with van der Waals surface area (Å²) in [5, 5.41) is 2.95. The van der Waals surface area contributed by atoms with Gasteiger partial charge in [-0.15, -0.1) is 5.73 Å². The monoisotopic (exact) mass is 486 g/mol. The molecule has 0 radical (unpaired) electrons. The van der Waals surface area contributed by atoms with Gasteiger partial charge in [0.1, 0.15) is 5.76 Å². The maximum atomic E-state index is 13.9. The molecule has 0 saturated carbocycles. The van der Waals surface area contributed by atoms with Crippen LogP contribution in [-0.4, -0.2) is 49.6 Å². The second kappa shape index (κ2) is 10.2. The number of hydrogen-bond acceptors (Lipinski definition) is 3. The minimum atomic E-state index is -4.69. The van der Waals surface area contributed by atoms with Crippen molar-refractivity contribution in [2.24, 2.45) is 11.3 Å². The third kappa shape index (κ3) is 5.22. The number of nitrogens with zero attached hydrogens (tertiary/aromatic N) is 1. The Kier molecular flexibility index (Phi) is 7.22. The van der Waals surface area contributed by atoms with Gasteiger partial charge in [0.25, 0.3) is 0 Å². The molecule has 1 spiro atoms. The van der Waals surface area contributed by atoms with Gasteiger partial charge in [0, 0.05) is 32.0 Å². The van der Waals surface area contributed by atoms with Crippen LogP contribution in [0.1, 0.15) is 37.2 Å². The fourth-order valence-corrected chi connectivity index (χ4v) is 5.58. The molecule has 2 atom stereocenters. The molecule has 4 rings (SSSR count). The van der Waals surface area contributed by atoms with Gasteiger partial charge < -0.3 is 15.0 Å². The van der Waals surface area contributed by atoms with Crippen molar-refractivity contribution in [2.75, 3.05) is 26.7 Å². The van der Waals surface area contributed by atoms with Crippen LogP contribution in [0.5, 0.6) is 0 Å². The summed E-state index contributed by atoms with van der Waals surface area (Å²) in [7, 11) is 1.60. The van der Waals surface area contributed by atoms with E-state index < -0.39 is 23.4 Å². The van der Waals surface area contributed by atoms with E-state index in [1.54, 1.807) is 19.3 Å². The number of nitrogens with one attached hydrogen (secondary N) is 1. The third-order valence-electron chi connectivity index (χ3n) is 7.37. The van der Waals surface area contributed by atoms with Crippen LogP contribution in [0, 0.1) is 11.3 Å². The van der Waals surface area contributed by atoms with Gasteiger partial charge in [0.05, 0.1) is 7.11 Å². The Morgan fingerprint density at radius 2 is 1.94 bits per heavy atom. The molecule has 2 fully saturated rings. The number of hydrogen-bond donors (Lipinski definition) is 1. The smallest absolute Gasteiger partial charge is 0.404 e. The van der Waals surface area contributed by atoms with Crippen LogP contribution in [0.15, 0.2) is 71.7 Å². The van der Waals surface area contributed by atoms with Crippen LogP contribution in [-0.2, 0) is 14.3 Å². The van der Waals surface area contributed by atoms with Crippen LogP contribution < -0.4 is 5.32 Å². The first-order valence-electron chi connectivity index (χ1n) is 11.8. The normalized spacial score (nSPS) is 23.0. The van der Waals surface area contributed by atoms with E-state index in [9.17, 15) is 22.8 Å². The Morgan fingerprint density at radius 1 is 1.23 bits per heavy atom. The van der Waals surface area contributed by atoms with Gasteiger partial charge in [-0.3, -0.25) is 9.59 Å². The zero-order valence-electron chi connectivity index (χ0n) is 19.6. The van der Waals surface area contributed by atoms with Crippen molar-refractivity contribution < 1.29 is 27.5 Å². The van der Waals surface area contributed by atoms with Crippen molar-refractivity contribution in [3.8, 4) is 0 Å². The number of benzene rings is 1. The summed E-state index contributed by atoms with van der Waals surface area (Å²) in [6.45, 7) is 0.766. The number of amides is 2. The van der Waals surface area contributed by atoms with E-state index in [0.717, 1.165) is 11.3 Å². The molecule has 1 N–H and O–H groups in total. The summed E-state index contributed by atoms with van der Waals surface area (Å²) in [5.74, 6) is -2.54. The fraction of sp³-hybridized carbons (Fsp3) is 0.444. The molecule has 0 aromatic heterocycles. The highest BCUT2D eigenvalue weighted by Gasteiger charge is 2.51. The topological polar surface area (TPSA) is 58.6 Å². The van der Waals surface area contributed by atoms with Crippen LogP contribution in [0.25, 0.3) is 0 Å². The average Bonchev–Trinajstić information content (AvgIpc) is 2.80. The SMILES string of the molecule is COC1=C(C2CNC(=O)CC23CCN(C(=O)[C@H](c2ccccc2)C(F)(F)F)CC3)CC=C=CC=C1. The standard InChI is InChI=1S/C27H29F3N2O3/c1-35-22-12-8-3-2-7-11-20(22)21-18-31-23(33)17-26(21)13-15-32(16-14-26)25(34)24(27(28,29)30)19-9-5-4-6-10-19/h3-10,12,21,24H,11,13-18H2,1H3,(H,31,33)/t2?,21?,24-/m0/s1. The lowest BCUT2D eigenvalue weighted by atomic mass is 9.61. The van der Waals surface area contributed by atoms with Gasteiger partial charge in [-0.2, -0.15) is 13.2 Å². The predicted octanol–water partition coefficient (Wildman–Crippen LogP) is 4.65. The van der Waals surface area contributed by atoms with E-state index in [4.69, 9.17) is 4.74 Å². The molecule has 2 heterocycles. The van der Waals surface area contributed by atoms with Crippen LogP contribution in [0.2, 0.25) is 0 Å². The Morgan fingerprint density at radius 3 is 2.60 bits per heavy atom. The molecule has 3 aliphatic rings. The maximum Gasteiger partial charge on any atom is 0.404 e. The van der Waals surface area contributed by atoms with E-state index >= 15 is 0 Å². The molecule has 0 bridgehead atoms. The van der Waals surface area contributed by atoms with Gasteiger partial charge in [-0.1, -0.05) is 36.4 Å². The molecule has 35 heavy (non-hydrogen) atoms. The zero-order chi connectivity index (χ0) is 25.1. The molecule has 1 aromatic carbocycles. The molecule has 8 heteroatoms. The number of allylic oxidation sites excluding steroid dienone is 3. The first-order valence-corrected chi connectivity index (χ1v) is 11.8. The number of methoxy groups -OCH3 is 1. The van der Waals surface area contributed by atoms with Crippen molar-refractivity contribution in [3.63, 3.8) is 0 Å². The lowest BCUT2D eigenvalue weighted by molar-refractivity contribution is -0.173. The molecular formula is C27H29F3N2O3. The van der Waals surface area contributed by atoms with Crippen LogP contribution in [0.4, 0.5) is 13.2 Å². The number of carbonyl (C=O) groups excluding carboxylic acids is 2. The van der Waals surface area contributed by atoms with E-state index in [1.165, 1.54) is 29.2 Å². The molecule has 5 nitrogen and oxygen atoms in total. The first kappa shape index (κ1) is 24.9. The van der Waals surface area contributed by atoms with Gasteiger partial charge in [-0.05, 0) is 54.0 Å². The van der Waals surface area contributed by atoms with E-state index in [-0.39, 0.29) is 36.9 Å². The lowest BCUT2D eigenvalue weighted by Crippen LogP contribution is -2.55. The number of piperidine rings is 2. The fourth-order valence-electron chi connectivity index (χ4n) is 5.58. The Hall–Kier alpha value is -3.25. The summed E-state index contributed by atoms with van der Waals surface area (Å²) in [5.41, 5.74) is 3.61. The number of halogens is 3. The highest BCUT2D eigenvalue weighted by atomic mass is 19.4. The largest absolute Gasteiger partial charge is 0.497 e. The Balaban J connectivity index is 1.59. The molecule has 1 unspecified atom stereocenters. The summed E-state index contributed by atoms with van der Waals surface area (Å²) in [6, 6.07) is 7.31. The Labute approximate surface area is 203 Å². The second-order valence-electron chi connectivity index (χ2n) is 9.30. The molecule has 1 aromatic rings. The number of carbonyl (C=O) groups is 2. The van der Waals surface area contributed by atoms with Crippen LogP contribution >= 0.6 is 0 Å². The van der Waals surface area contributed by atoms with Gasteiger partial charge >= 0.3 is 6.18 Å². The van der Waals surface area contributed by atoms with Crippen molar-refractivity contribution in [1.29, 1.82) is 0 Å². The molecular weight excluding hydrogens is 457 g/mol. The molecule has 2 saturated heterocycles. The highest BCUT2D eigenvalue weighted by molar-refractivity contribution is 5.85. The van der Waals surface area contributed by atoms with Crippen LogP contribution in [0.3, 0.4) is 0 Å². The summed E-state index contributed by atoms with van der Waals surface area (Å²) >= 11 is 0. The second-order valence-corrected chi connectivity index (χ2v) is 9.30. The average molecular weight is 487 g/mol. The quantitative estimate of drug-likeness (QED) is 0.631. The van der Waals surface area contributed by atoms with Crippen molar-refractivity contribution in [3.05, 3.63) is 77.3 Å². The zero-order valence-corrected chi connectivity index (χ0v) is 19.6. The third-order valence-corrected chi connectivity index (χ3v) is 7.37. The highest BCUT2D eigenvalue weighted by Crippen LogP contribution is 2.49. The van der Waals surface area contributed by atoms with E-state index in [0.29, 0.717) is 25.8 Å². The molecule has 186 valence electrons. The van der Waals surface area contributed by atoms with Gasteiger partial charge in [0.15, 0.2) is 5.92 Å². The summed E-state index contributed by atoms with van der Waals surface area (Å²) in [4.78, 5) is 26.9. The number of rotatable bonds is 4. The first-order chi connectivity index (χ1) is 16.7. The predicted molar refractivity (Wildman–Crippen MR) is 125 cm³/mol. The van der Waals surface area contributed by atoms with Gasteiger partial charge in [-0.25, -0.2) is 0 Å².